The van der Waals surface area contributed by atoms with Crippen LogP contribution in [0.4, 0.5) is 11.8 Å². The number of nitrogens with zero attached hydrogens (tertiary/aromatic N) is 5. The zero-order valence-corrected chi connectivity index (χ0v) is 19.9. The Morgan fingerprint density at radius 2 is 2.00 bits per heavy atom. The van der Waals surface area contributed by atoms with Gasteiger partial charge in [0.2, 0.25) is 5.95 Å². The largest absolute Gasteiger partial charge is 0.393 e. The fourth-order valence-corrected chi connectivity index (χ4v) is 4.25. The van der Waals surface area contributed by atoms with Gasteiger partial charge in [-0.05, 0) is 48.8 Å². The first kappa shape index (κ1) is 23.6. The quantitative estimate of drug-likeness (QED) is 0.456. The molecule has 3 aromatic rings. The maximum atomic E-state index is 10.2. The molecule has 0 amide bonds. The van der Waals surface area contributed by atoms with E-state index in [-0.39, 0.29) is 17.6 Å². The van der Waals surface area contributed by atoms with E-state index in [2.05, 4.69) is 50.7 Å². The molecule has 0 bridgehead atoms. The van der Waals surface area contributed by atoms with E-state index in [1.54, 1.807) is 6.20 Å². The number of hydrogen-bond donors (Lipinski definition) is 3. The van der Waals surface area contributed by atoms with Gasteiger partial charge in [-0.1, -0.05) is 38.1 Å². The third kappa shape index (κ3) is 5.51. The summed E-state index contributed by atoms with van der Waals surface area (Å²) in [5.41, 5.74) is 2.29. The topological polar surface area (TPSA) is 133 Å². The van der Waals surface area contributed by atoms with Crippen LogP contribution in [0.5, 0.6) is 0 Å². The summed E-state index contributed by atoms with van der Waals surface area (Å²) in [6, 6.07) is 10.4. The first-order chi connectivity index (χ1) is 16.4. The van der Waals surface area contributed by atoms with Crippen molar-refractivity contribution in [2.24, 2.45) is 5.41 Å². The van der Waals surface area contributed by atoms with Gasteiger partial charge >= 0.3 is 0 Å². The normalized spacial score (nSPS) is 19.4. The van der Waals surface area contributed by atoms with Crippen LogP contribution in [0.25, 0.3) is 11.5 Å². The first-order valence-corrected chi connectivity index (χ1v) is 11.8. The van der Waals surface area contributed by atoms with Crippen molar-refractivity contribution >= 4 is 11.8 Å². The summed E-state index contributed by atoms with van der Waals surface area (Å²) < 4.78 is 5.29. The summed E-state index contributed by atoms with van der Waals surface area (Å²) in [7, 11) is 0. The molecule has 4 rings (SSSR count). The molecular weight excluding hydrogens is 430 g/mol. The van der Waals surface area contributed by atoms with E-state index in [1.165, 1.54) is 0 Å². The van der Waals surface area contributed by atoms with Gasteiger partial charge in [-0.3, -0.25) is 0 Å². The third-order valence-corrected chi connectivity index (χ3v) is 6.40. The lowest BCUT2D eigenvalue weighted by Gasteiger charge is -2.40. The van der Waals surface area contributed by atoms with E-state index in [4.69, 9.17) is 4.52 Å². The maximum absolute atomic E-state index is 10.2. The highest BCUT2D eigenvalue weighted by atomic mass is 16.5. The van der Waals surface area contributed by atoms with E-state index in [9.17, 15) is 10.4 Å². The molecule has 178 valence electrons. The molecule has 0 saturated heterocycles. The van der Waals surface area contributed by atoms with E-state index in [0.29, 0.717) is 35.6 Å². The smallest absolute Gasteiger partial charge is 0.257 e. The molecule has 0 unspecified atom stereocenters. The summed E-state index contributed by atoms with van der Waals surface area (Å²) in [4.78, 5) is 13.2. The zero-order chi connectivity index (χ0) is 24.1. The van der Waals surface area contributed by atoms with Gasteiger partial charge < -0.3 is 20.3 Å². The monoisotopic (exact) mass is 461 g/mol. The van der Waals surface area contributed by atoms with Gasteiger partial charge in [0, 0.05) is 24.6 Å². The second-order valence-corrected chi connectivity index (χ2v) is 9.44. The Morgan fingerprint density at radius 1 is 1.21 bits per heavy atom. The summed E-state index contributed by atoms with van der Waals surface area (Å²) in [5, 5.41) is 30.3. The maximum Gasteiger partial charge on any atom is 0.257 e. The van der Waals surface area contributed by atoms with Gasteiger partial charge in [0.05, 0.1) is 12.3 Å². The van der Waals surface area contributed by atoms with E-state index < -0.39 is 0 Å². The van der Waals surface area contributed by atoms with Crippen molar-refractivity contribution in [1.82, 2.24) is 20.1 Å². The molecular formula is C25H31N7O2. The average Bonchev–Trinajstić information content (AvgIpc) is 3.31. The first-order valence-electron chi connectivity index (χ1n) is 11.8. The van der Waals surface area contributed by atoms with E-state index >= 15 is 0 Å². The number of anilines is 2. The molecule has 2 aromatic heterocycles. The summed E-state index contributed by atoms with van der Waals surface area (Å²) >= 11 is 0. The van der Waals surface area contributed by atoms with Crippen LogP contribution in [0.2, 0.25) is 0 Å². The van der Waals surface area contributed by atoms with Gasteiger partial charge in [-0.25, -0.2) is 4.98 Å². The highest BCUT2D eigenvalue weighted by molar-refractivity contribution is 5.54. The Labute approximate surface area is 199 Å². The fraction of sp³-hybridized carbons (Fsp3) is 0.480. The molecule has 1 fully saturated rings. The van der Waals surface area contributed by atoms with Crippen LogP contribution >= 0.6 is 0 Å². The molecule has 1 aliphatic rings. The van der Waals surface area contributed by atoms with Crippen LogP contribution < -0.4 is 10.6 Å². The van der Waals surface area contributed by atoms with Gasteiger partial charge in [0.1, 0.15) is 17.5 Å². The van der Waals surface area contributed by atoms with Crippen LogP contribution in [0.1, 0.15) is 57.0 Å². The predicted octanol–water partition coefficient (Wildman–Crippen LogP) is 3.97. The Bertz CT molecular complexity index is 1150. The standard InChI is InChI=1S/C25H31N7O2/c1-4-21-30-23(34-32-21)17-7-5-16(6-8-17)11-12-27-24-28-15-18(14-26)22(31-24)29-19-9-10-20(33)25(2,3)13-19/h5-8,15,19-20,33H,4,9-13H2,1-3H3,(H2,27,28,29,31)/t19-,20+/m1/s1. The fourth-order valence-electron chi connectivity index (χ4n) is 4.25. The molecule has 1 saturated carbocycles. The summed E-state index contributed by atoms with van der Waals surface area (Å²) in [6.07, 6.45) is 5.14. The lowest BCUT2D eigenvalue weighted by molar-refractivity contribution is 0.00926. The number of benzene rings is 1. The average molecular weight is 462 g/mol. The van der Waals surface area contributed by atoms with E-state index in [0.717, 1.165) is 43.2 Å². The lowest BCUT2D eigenvalue weighted by atomic mass is 9.73. The number of nitriles is 1. The van der Waals surface area contributed by atoms with Crippen LogP contribution in [-0.4, -0.2) is 43.9 Å². The predicted molar refractivity (Wildman–Crippen MR) is 129 cm³/mol. The molecule has 3 N–H and O–H groups in total. The van der Waals surface area contributed by atoms with Crippen LogP contribution in [0, 0.1) is 16.7 Å². The van der Waals surface area contributed by atoms with Gasteiger partial charge in [0.25, 0.3) is 5.89 Å². The Kier molecular flexibility index (Phi) is 7.08. The summed E-state index contributed by atoms with van der Waals surface area (Å²) in [6.45, 7) is 6.78. The van der Waals surface area contributed by atoms with Crippen molar-refractivity contribution < 1.29 is 9.63 Å². The van der Waals surface area contributed by atoms with Crippen molar-refractivity contribution in [3.8, 4) is 17.5 Å². The number of hydrogen-bond acceptors (Lipinski definition) is 9. The number of nitrogens with one attached hydrogen (secondary N) is 2. The molecule has 2 atom stereocenters. The minimum atomic E-state index is -0.307. The third-order valence-electron chi connectivity index (χ3n) is 6.40. The highest BCUT2D eigenvalue weighted by Crippen LogP contribution is 2.37. The summed E-state index contributed by atoms with van der Waals surface area (Å²) in [5.74, 6) is 2.24. The van der Waals surface area contributed by atoms with Gasteiger partial charge in [-0.2, -0.15) is 15.2 Å². The van der Waals surface area contributed by atoms with Crippen LogP contribution in [0.3, 0.4) is 0 Å². The van der Waals surface area contributed by atoms with E-state index in [1.807, 2.05) is 31.2 Å². The van der Waals surface area contributed by atoms with Crippen LogP contribution in [-0.2, 0) is 12.8 Å². The second kappa shape index (κ2) is 10.2. The Hall–Kier alpha value is -3.51. The lowest BCUT2D eigenvalue weighted by Crippen LogP contribution is -2.41. The van der Waals surface area contributed by atoms with Crippen molar-refractivity contribution in [1.29, 1.82) is 5.26 Å². The number of rotatable bonds is 8. The number of aliphatic hydroxyl groups is 1. The molecule has 0 spiro atoms. The minimum Gasteiger partial charge on any atom is -0.393 e. The molecule has 2 heterocycles. The molecule has 34 heavy (non-hydrogen) atoms. The molecule has 1 aliphatic carbocycles. The Morgan fingerprint density at radius 3 is 2.68 bits per heavy atom. The molecule has 0 aliphatic heterocycles. The molecule has 0 radical (unpaired) electrons. The second-order valence-electron chi connectivity index (χ2n) is 9.44. The zero-order valence-electron chi connectivity index (χ0n) is 19.9. The number of aromatic nitrogens is 4. The minimum absolute atomic E-state index is 0.152. The van der Waals surface area contributed by atoms with Crippen LogP contribution in [0.15, 0.2) is 35.0 Å². The van der Waals surface area contributed by atoms with Gasteiger partial charge in [0.15, 0.2) is 5.82 Å². The molecule has 1 aromatic carbocycles. The van der Waals surface area contributed by atoms with Crippen molar-refractivity contribution in [2.45, 2.75) is 65.0 Å². The number of aliphatic hydroxyl groups excluding tert-OH is 1. The van der Waals surface area contributed by atoms with Gasteiger partial charge in [-0.15, -0.1) is 0 Å². The molecule has 9 nitrogen and oxygen atoms in total. The molecule has 9 heteroatoms. The number of aryl methyl sites for hydroxylation is 1. The highest BCUT2D eigenvalue weighted by Gasteiger charge is 2.35. The van der Waals surface area contributed by atoms with Crippen molar-refractivity contribution in [3.63, 3.8) is 0 Å². The van der Waals surface area contributed by atoms with Crippen molar-refractivity contribution in [2.75, 3.05) is 17.2 Å². The SMILES string of the molecule is CCc1noc(-c2ccc(CCNc3ncc(C#N)c(N[C@@H]4CC[C@H](O)C(C)(C)C4)n3)cc2)n1. The van der Waals surface area contributed by atoms with Crippen molar-refractivity contribution in [3.05, 3.63) is 47.4 Å². The Balaban J connectivity index is 1.35.